The number of aliphatic hydroxyl groups excluding tert-OH is 1. The largest absolute Gasteiger partial charge is 0.381 e. The van der Waals surface area contributed by atoms with Crippen LogP contribution in [0.15, 0.2) is 30.3 Å². The van der Waals surface area contributed by atoms with Crippen LogP contribution in [0.1, 0.15) is 47.5 Å². The van der Waals surface area contributed by atoms with Gasteiger partial charge in [-0.3, -0.25) is 0 Å². The zero-order chi connectivity index (χ0) is 12.8. The molecule has 3 rings (SSSR count). The van der Waals surface area contributed by atoms with Crippen molar-refractivity contribution in [2.45, 2.75) is 38.2 Å². The van der Waals surface area contributed by atoms with Crippen LogP contribution < -0.4 is 0 Å². The maximum absolute atomic E-state index is 10.4. The molecule has 3 heteroatoms. The molecule has 1 aromatic carbocycles. The zero-order valence-corrected chi connectivity index (χ0v) is 11.5. The second-order valence-corrected chi connectivity index (χ2v) is 6.64. The van der Waals surface area contributed by atoms with Gasteiger partial charge in [-0.2, -0.15) is 0 Å². The van der Waals surface area contributed by atoms with Crippen LogP contribution in [0, 0.1) is 0 Å². The fourth-order valence-electron chi connectivity index (χ4n) is 2.51. The number of fused-ring (bicyclic) bond motifs is 1. The monoisotopic (exact) mass is 259 g/mol. The summed E-state index contributed by atoms with van der Waals surface area (Å²) in [4.78, 5) is 6.04. The minimum atomic E-state index is -0.586. The first kappa shape index (κ1) is 11.9. The highest BCUT2D eigenvalue weighted by molar-refractivity contribution is 7.11. The van der Waals surface area contributed by atoms with Gasteiger partial charge in [0.25, 0.3) is 0 Å². The number of nitrogens with zero attached hydrogens (tertiary/aromatic N) is 1. The van der Waals surface area contributed by atoms with E-state index in [4.69, 9.17) is 0 Å². The third-order valence-corrected chi connectivity index (χ3v) is 4.85. The third kappa shape index (κ3) is 1.88. The van der Waals surface area contributed by atoms with E-state index in [2.05, 4.69) is 18.8 Å². The highest BCUT2D eigenvalue weighted by atomic mass is 32.1. The summed E-state index contributed by atoms with van der Waals surface area (Å²) in [6.07, 6.45) is 1.68. The molecular formula is C15H17NOS. The van der Waals surface area contributed by atoms with Crippen LogP contribution in [0.2, 0.25) is 0 Å². The molecule has 1 aliphatic carbocycles. The lowest BCUT2D eigenvalue weighted by Crippen LogP contribution is -2.13. The second kappa shape index (κ2) is 4.18. The number of aryl methyl sites for hydroxylation is 1. The Morgan fingerprint density at radius 1 is 1.28 bits per heavy atom. The Hall–Kier alpha value is -1.19. The van der Waals surface area contributed by atoms with Gasteiger partial charge in [-0.15, -0.1) is 11.3 Å². The highest BCUT2D eigenvalue weighted by Gasteiger charge is 2.34. The van der Waals surface area contributed by atoms with E-state index in [1.165, 1.54) is 17.0 Å². The quantitative estimate of drug-likeness (QED) is 0.896. The SMILES string of the molecule is CC1(C)CCc2sc(C(O)c3ccccc3)nc21. The molecule has 1 aromatic heterocycles. The van der Waals surface area contributed by atoms with Crippen molar-refractivity contribution in [3.05, 3.63) is 51.5 Å². The summed E-state index contributed by atoms with van der Waals surface area (Å²) in [5.74, 6) is 0. The Morgan fingerprint density at radius 3 is 2.67 bits per heavy atom. The van der Waals surface area contributed by atoms with Crippen molar-refractivity contribution < 1.29 is 5.11 Å². The van der Waals surface area contributed by atoms with E-state index in [-0.39, 0.29) is 5.41 Å². The molecular weight excluding hydrogens is 242 g/mol. The molecule has 2 nitrogen and oxygen atoms in total. The van der Waals surface area contributed by atoms with Crippen molar-refractivity contribution in [2.75, 3.05) is 0 Å². The first-order valence-corrected chi connectivity index (χ1v) is 7.13. The predicted octanol–water partition coefficient (Wildman–Crippen LogP) is 3.45. The van der Waals surface area contributed by atoms with Gasteiger partial charge < -0.3 is 5.11 Å². The molecule has 1 unspecified atom stereocenters. The van der Waals surface area contributed by atoms with Crippen LogP contribution in [0.4, 0.5) is 0 Å². The Morgan fingerprint density at radius 2 is 2.00 bits per heavy atom. The lowest BCUT2D eigenvalue weighted by atomic mass is 9.91. The van der Waals surface area contributed by atoms with E-state index >= 15 is 0 Å². The van der Waals surface area contributed by atoms with Gasteiger partial charge >= 0.3 is 0 Å². The number of rotatable bonds is 2. The van der Waals surface area contributed by atoms with Gasteiger partial charge in [0.05, 0.1) is 5.69 Å². The first-order valence-electron chi connectivity index (χ1n) is 6.31. The molecule has 0 aliphatic heterocycles. The number of benzene rings is 1. The number of thiazole rings is 1. The molecule has 1 N–H and O–H groups in total. The summed E-state index contributed by atoms with van der Waals surface area (Å²) in [7, 11) is 0. The van der Waals surface area contributed by atoms with Gasteiger partial charge in [0.15, 0.2) is 0 Å². The lowest BCUT2D eigenvalue weighted by Gasteiger charge is -2.16. The van der Waals surface area contributed by atoms with Gasteiger partial charge in [0, 0.05) is 10.3 Å². The number of hydrogen-bond donors (Lipinski definition) is 1. The summed E-state index contributed by atoms with van der Waals surface area (Å²) in [6, 6.07) is 9.75. The Bertz CT molecular complexity index is 559. The number of aliphatic hydroxyl groups is 1. The third-order valence-electron chi connectivity index (χ3n) is 3.68. The van der Waals surface area contributed by atoms with Crippen molar-refractivity contribution in [1.29, 1.82) is 0 Å². The van der Waals surface area contributed by atoms with Crippen LogP contribution in [0.5, 0.6) is 0 Å². The smallest absolute Gasteiger partial charge is 0.131 e. The van der Waals surface area contributed by atoms with Gasteiger partial charge in [-0.05, 0) is 18.4 Å². The average molecular weight is 259 g/mol. The molecule has 1 heterocycles. The van der Waals surface area contributed by atoms with Gasteiger partial charge in [-0.1, -0.05) is 44.2 Å². The summed E-state index contributed by atoms with van der Waals surface area (Å²) >= 11 is 1.67. The summed E-state index contributed by atoms with van der Waals surface area (Å²) in [5, 5.41) is 11.2. The molecule has 18 heavy (non-hydrogen) atoms. The normalized spacial score (nSPS) is 18.6. The fourth-order valence-corrected chi connectivity index (χ4v) is 3.77. The molecule has 0 radical (unpaired) electrons. The van der Waals surface area contributed by atoms with Crippen LogP contribution in [-0.4, -0.2) is 10.1 Å². The summed E-state index contributed by atoms with van der Waals surface area (Å²) < 4.78 is 0. The predicted molar refractivity (Wildman–Crippen MR) is 74.0 cm³/mol. The average Bonchev–Trinajstić information content (AvgIpc) is 2.91. The Labute approximate surface area is 111 Å². The van der Waals surface area contributed by atoms with Crippen LogP contribution in [0.25, 0.3) is 0 Å². The Kier molecular flexibility index (Phi) is 2.76. The van der Waals surface area contributed by atoms with Crippen molar-refractivity contribution in [1.82, 2.24) is 4.98 Å². The molecule has 94 valence electrons. The van der Waals surface area contributed by atoms with E-state index in [1.807, 2.05) is 30.3 Å². The van der Waals surface area contributed by atoms with Crippen molar-refractivity contribution in [2.24, 2.45) is 0 Å². The van der Waals surface area contributed by atoms with Gasteiger partial charge in [-0.25, -0.2) is 4.98 Å². The van der Waals surface area contributed by atoms with Crippen LogP contribution in [0.3, 0.4) is 0 Å². The molecule has 0 saturated carbocycles. The molecule has 0 bridgehead atoms. The molecule has 1 aliphatic rings. The Balaban J connectivity index is 1.96. The lowest BCUT2D eigenvalue weighted by molar-refractivity contribution is 0.219. The van der Waals surface area contributed by atoms with E-state index in [0.717, 1.165) is 17.0 Å². The molecule has 0 spiro atoms. The molecule has 0 fully saturated rings. The number of hydrogen-bond acceptors (Lipinski definition) is 3. The maximum atomic E-state index is 10.4. The molecule has 0 amide bonds. The second-order valence-electron chi connectivity index (χ2n) is 5.52. The maximum Gasteiger partial charge on any atom is 0.131 e. The van der Waals surface area contributed by atoms with E-state index in [0.29, 0.717) is 0 Å². The van der Waals surface area contributed by atoms with Gasteiger partial charge in [0.2, 0.25) is 0 Å². The molecule has 1 atom stereocenters. The van der Waals surface area contributed by atoms with E-state index in [1.54, 1.807) is 11.3 Å². The van der Waals surface area contributed by atoms with E-state index < -0.39 is 6.10 Å². The standard InChI is InChI=1S/C15H17NOS/c1-15(2)9-8-11-13(15)16-14(18-11)12(17)10-6-4-3-5-7-10/h3-7,12,17H,8-9H2,1-2H3. The molecule has 0 saturated heterocycles. The van der Waals surface area contributed by atoms with Crippen molar-refractivity contribution in [3.8, 4) is 0 Å². The van der Waals surface area contributed by atoms with Gasteiger partial charge in [0.1, 0.15) is 11.1 Å². The highest BCUT2D eigenvalue weighted by Crippen LogP contribution is 2.42. The number of aromatic nitrogens is 1. The van der Waals surface area contributed by atoms with Crippen LogP contribution >= 0.6 is 11.3 Å². The van der Waals surface area contributed by atoms with Crippen LogP contribution in [-0.2, 0) is 11.8 Å². The molecule has 2 aromatic rings. The minimum absolute atomic E-state index is 0.167. The summed E-state index contributed by atoms with van der Waals surface area (Å²) in [6.45, 7) is 4.47. The topological polar surface area (TPSA) is 33.1 Å². The minimum Gasteiger partial charge on any atom is -0.381 e. The first-order chi connectivity index (χ1) is 8.58. The zero-order valence-electron chi connectivity index (χ0n) is 10.7. The van der Waals surface area contributed by atoms with Crippen molar-refractivity contribution in [3.63, 3.8) is 0 Å². The van der Waals surface area contributed by atoms with E-state index in [9.17, 15) is 5.11 Å². The fraction of sp³-hybridized carbons (Fsp3) is 0.400. The summed E-state index contributed by atoms with van der Waals surface area (Å²) in [5.41, 5.74) is 2.28. The van der Waals surface area contributed by atoms with Crippen molar-refractivity contribution >= 4 is 11.3 Å².